The van der Waals surface area contributed by atoms with E-state index in [2.05, 4.69) is 33.7 Å². The molecule has 1 aliphatic rings. The molecule has 3 aromatic carbocycles. The van der Waals surface area contributed by atoms with Crippen molar-refractivity contribution in [3.05, 3.63) is 89.5 Å². The van der Waals surface area contributed by atoms with Gasteiger partial charge in [-0.15, -0.1) is 0 Å². The quantitative estimate of drug-likeness (QED) is 0.560. The first-order valence-electron chi connectivity index (χ1n) is 10.9. The van der Waals surface area contributed by atoms with Crippen LogP contribution in [0.25, 0.3) is 0 Å². The molecule has 0 saturated carbocycles. The molecule has 0 spiro atoms. The van der Waals surface area contributed by atoms with Gasteiger partial charge in [0.25, 0.3) is 5.91 Å². The number of para-hydroxylation sites is 1. The maximum Gasteiger partial charge on any atom is 0.253 e. The Morgan fingerprint density at radius 3 is 2.38 bits per heavy atom. The van der Waals surface area contributed by atoms with E-state index in [0.717, 1.165) is 55.5 Å². The summed E-state index contributed by atoms with van der Waals surface area (Å²) >= 11 is 0. The summed E-state index contributed by atoms with van der Waals surface area (Å²) in [6, 6.07) is 23.4. The van der Waals surface area contributed by atoms with Crippen molar-refractivity contribution in [1.29, 1.82) is 0 Å². The Hall–Kier alpha value is -3.35. The number of amides is 1. The molecule has 6 heteroatoms. The third-order valence-corrected chi connectivity index (χ3v) is 5.60. The number of carbonyl (C=O) groups excluding carboxylic acids is 1. The van der Waals surface area contributed by atoms with E-state index in [1.54, 1.807) is 7.11 Å². The number of anilines is 2. The minimum absolute atomic E-state index is 0.109. The monoisotopic (exact) mass is 431 g/mol. The van der Waals surface area contributed by atoms with Gasteiger partial charge in [0.15, 0.2) is 0 Å². The second-order valence-corrected chi connectivity index (χ2v) is 7.74. The molecule has 0 bridgehead atoms. The molecular weight excluding hydrogens is 402 g/mol. The van der Waals surface area contributed by atoms with Gasteiger partial charge in [0.05, 0.1) is 31.6 Å². The first-order valence-corrected chi connectivity index (χ1v) is 10.9. The molecule has 0 aliphatic carbocycles. The number of nitrogens with zero attached hydrogens (tertiary/aromatic N) is 1. The lowest BCUT2D eigenvalue weighted by Gasteiger charge is -2.27. The molecule has 32 heavy (non-hydrogen) atoms. The number of ether oxygens (including phenoxy) is 2. The summed E-state index contributed by atoms with van der Waals surface area (Å²) in [6.45, 7) is 4.77. The van der Waals surface area contributed by atoms with E-state index in [9.17, 15) is 4.79 Å². The van der Waals surface area contributed by atoms with E-state index in [1.807, 2.05) is 54.6 Å². The Labute approximate surface area is 189 Å². The molecule has 166 valence electrons. The lowest BCUT2D eigenvalue weighted by Crippen LogP contribution is -2.36. The number of hydrogen-bond donors (Lipinski definition) is 2. The molecule has 2 N–H and O–H groups in total. The van der Waals surface area contributed by atoms with Gasteiger partial charge in [0, 0.05) is 31.9 Å². The third kappa shape index (κ3) is 5.66. The Balaban J connectivity index is 1.42. The summed E-state index contributed by atoms with van der Waals surface area (Å²) < 4.78 is 10.7. The second kappa shape index (κ2) is 10.8. The zero-order chi connectivity index (χ0) is 22.2. The number of nitrogens with one attached hydrogen (secondary N) is 2. The Morgan fingerprint density at radius 2 is 1.62 bits per heavy atom. The number of morpholine rings is 1. The van der Waals surface area contributed by atoms with Crippen LogP contribution in [0.15, 0.2) is 72.8 Å². The minimum Gasteiger partial charge on any atom is -0.497 e. The highest BCUT2D eigenvalue weighted by atomic mass is 16.5. The summed E-state index contributed by atoms with van der Waals surface area (Å²) in [6.07, 6.45) is 0. The van der Waals surface area contributed by atoms with Gasteiger partial charge in [-0.1, -0.05) is 36.4 Å². The molecule has 1 heterocycles. The Bertz CT molecular complexity index is 1030. The maximum absolute atomic E-state index is 13.0. The molecule has 0 aromatic heterocycles. The van der Waals surface area contributed by atoms with Crippen molar-refractivity contribution in [3.8, 4) is 5.75 Å². The molecule has 1 fully saturated rings. The summed E-state index contributed by atoms with van der Waals surface area (Å²) in [4.78, 5) is 15.4. The van der Waals surface area contributed by atoms with Gasteiger partial charge in [0.1, 0.15) is 5.75 Å². The predicted molar refractivity (Wildman–Crippen MR) is 126 cm³/mol. The van der Waals surface area contributed by atoms with E-state index in [1.165, 1.54) is 5.56 Å². The topological polar surface area (TPSA) is 62.8 Å². The van der Waals surface area contributed by atoms with E-state index < -0.39 is 0 Å². The van der Waals surface area contributed by atoms with Crippen LogP contribution in [-0.4, -0.2) is 44.2 Å². The van der Waals surface area contributed by atoms with Crippen molar-refractivity contribution < 1.29 is 14.3 Å². The normalized spacial score (nSPS) is 14.0. The molecule has 6 nitrogen and oxygen atoms in total. The maximum atomic E-state index is 13.0. The standard InChI is InChI=1S/C26H29N3O3/c1-31-23-12-10-22(11-13-23)28-25-9-5-4-8-24(25)26(30)27-18-20-6-2-3-7-21(20)19-29-14-16-32-17-15-29/h2-13,28H,14-19H2,1H3,(H,27,30). The molecule has 3 aromatic rings. The van der Waals surface area contributed by atoms with Crippen molar-refractivity contribution in [2.45, 2.75) is 13.1 Å². The van der Waals surface area contributed by atoms with Gasteiger partial charge in [-0.25, -0.2) is 0 Å². The first-order chi connectivity index (χ1) is 15.7. The van der Waals surface area contributed by atoms with E-state index in [0.29, 0.717) is 12.1 Å². The van der Waals surface area contributed by atoms with Crippen LogP contribution in [0.5, 0.6) is 5.75 Å². The average molecular weight is 432 g/mol. The van der Waals surface area contributed by atoms with Crippen molar-refractivity contribution in [2.24, 2.45) is 0 Å². The fraction of sp³-hybridized carbons (Fsp3) is 0.269. The van der Waals surface area contributed by atoms with Crippen LogP contribution in [0.2, 0.25) is 0 Å². The van der Waals surface area contributed by atoms with Crippen molar-refractivity contribution in [3.63, 3.8) is 0 Å². The van der Waals surface area contributed by atoms with Crippen LogP contribution < -0.4 is 15.4 Å². The molecule has 4 rings (SSSR count). The van der Waals surface area contributed by atoms with Crippen LogP contribution in [-0.2, 0) is 17.8 Å². The molecule has 0 atom stereocenters. The molecule has 0 radical (unpaired) electrons. The van der Waals surface area contributed by atoms with E-state index in [4.69, 9.17) is 9.47 Å². The van der Waals surface area contributed by atoms with Crippen molar-refractivity contribution >= 4 is 17.3 Å². The lowest BCUT2D eigenvalue weighted by molar-refractivity contribution is 0.0340. The average Bonchev–Trinajstić information content (AvgIpc) is 2.85. The second-order valence-electron chi connectivity index (χ2n) is 7.74. The predicted octanol–water partition coefficient (Wildman–Crippen LogP) is 4.20. The molecule has 1 saturated heterocycles. The first kappa shape index (κ1) is 21.9. The summed E-state index contributed by atoms with van der Waals surface area (Å²) in [7, 11) is 1.64. The van der Waals surface area contributed by atoms with Crippen LogP contribution in [0.3, 0.4) is 0 Å². The number of benzene rings is 3. The zero-order valence-electron chi connectivity index (χ0n) is 18.3. The smallest absolute Gasteiger partial charge is 0.253 e. The van der Waals surface area contributed by atoms with Gasteiger partial charge in [0.2, 0.25) is 0 Å². The van der Waals surface area contributed by atoms with Crippen LogP contribution in [0, 0.1) is 0 Å². The highest BCUT2D eigenvalue weighted by Crippen LogP contribution is 2.23. The van der Waals surface area contributed by atoms with Gasteiger partial charge >= 0.3 is 0 Å². The molecule has 1 aliphatic heterocycles. The highest BCUT2D eigenvalue weighted by Gasteiger charge is 2.15. The SMILES string of the molecule is COc1ccc(Nc2ccccc2C(=O)NCc2ccccc2CN2CCOCC2)cc1. The van der Waals surface area contributed by atoms with E-state index in [-0.39, 0.29) is 5.91 Å². The van der Waals surface area contributed by atoms with Crippen LogP contribution in [0.4, 0.5) is 11.4 Å². The van der Waals surface area contributed by atoms with Gasteiger partial charge in [-0.05, 0) is 47.5 Å². The number of carbonyl (C=O) groups is 1. The lowest BCUT2D eigenvalue weighted by atomic mass is 10.1. The number of methoxy groups -OCH3 is 1. The highest BCUT2D eigenvalue weighted by molar-refractivity contribution is 6.00. The third-order valence-electron chi connectivity index (χ3n) is 5.60. The fourth-order valence-electron chi connectivity index (χ4n) is 3.78. The summed E-state index contributed by atoms with van der Waals surface area (Å²) in [5.41, 5.74) is 4.62. The zero-order valence-corrected chi connectivity index (χ0v) is 18.3. The molecular formula is C26H29N3O3. The number of rotatable bonds is 8. The Kier molecular flexibility index (Phi) is 7.38. The van der Waals surface area contributed by atoms with E-state index >= 15 is 0 Å². The van der Waals surface area contributed by atoms with Crippen LogP contribution >= 0.6 is 0 Å². The molecule has 0 unspecified atom stereocenters. The van der Waals surface area contributed by atoms with Gasteiger partial charge in [-0.3, -0.25) is 9.69 Å². The molecule has 1 amide bonds. The van der Waals surface area contributed by atoms with Crippen LogP contribution in [0.1, 0.15) is 21.5 Å². The van der Waals surface area contributed by atoms with Crippen molar-refractivity contribution in [1.82, 2.24) is 10.2 Å². The minimum atomic E-state index is -0.109. The Morgan fingerprint density at radius 1 is 0.938 bits per heavy atom. The summed E-state index contributed by atoms with van der Waals surface area (Å²) in [5, 5.41) is 6.43. The van der Waals surface area contributed by atoms with Crippen molar-refractivity contribution in [2.75, 3.05) is 38.7 Å². The van der Waals surface area contributed by atoms with Gasteiger partial charge < -0.3 is 20.1 Å². The van der Waals surface area contributed by atoms with Gasteiger partial charge in [-0.2, -0.15) is 0 Å². The fourth-order valence-corrected chi connectivity index (χ4v) is 3.78. The largest absolute Gasteiger partial charge is 0.497 e. The summed E-state index contributed by atoms with van der Waals surface area (Å²) in [5.74, 6) is 0.681. The number of hydrogen-bond acceptors (Lipinski definition) is 5.